The topological polar surface area (TPSA) is 109 Å². The van der Waals surface area contributed by atoms with Crippen LogP contribution in [0.15, 0.2) is 10.8 Å². The molecule has 0 radical (unpaired) electrons. The van der Waals surface area contributed by atoms with Crippen LogP contribution in [0.3, 0.4) is 0 Å². The zero-order valence-corrected chi connectivity index (χ0v) is 14.9. The van der Waals surface area contributed by atoms with Crippen LogP contribution >= 0.6 is 0 Å². The van der Waals surface area contributed by atoms with Crippen molar-refractivity contribution in [2.24, 2.45) is 0 Å². The molecule has 3 atom stereocenters. The Kier molecular flexibility index (Phi) is 4.22. The van der Waals surface area contributed by atoms with Gasteiger partial charge in [-0.1, -0.05) is 0 Å². The molecule has 0 aliphatic carbocycles. The van der Waals surface area contributed by atoms with Crippen LogP contribution in [-0.2, 0) is 9.53 Å². The van der Waals surface area contributed by atoms with E-state index in [1.807, 2.05) is 0 Å². The number of aromatic nitrogens is 2. The van der Waals surface area contributed by atoms with Gasteiger partial charge in [0, 0.05) is 6.54 Å². The maximum Gasteiger partial charge on any atom is 0.411 e. The van der Waals surface area contributed by atoms with Gasteiger partial charge in [0.15, 0.2) is 0 Å². The van der Waals surface area contributed by atoms with E-state index in [-0.39, 0.29) is 11.8 Å². The summed E-state index contributed by atoms with van der Waals surface area (Å²) >= 11 is 0. The molecule has 1 aromatic heterocycles. The molecule has 138 valence electrons. The number of aliphatic hydroxyl groups is 1. The second kappa shape index (κ2) is 5.98. The number of carbonyl (C=O) groups is 2. The maximum atomic E-state index is 13.0. The van der Waals surface area contributed by atoms with Crippen molar-refractivity contribution in [2.75, 3.05) is 13.1 Å². The van der Waals surface area contributed by atoms with Crippen molar-refractivity contribution >= 4 is 12.0 Å². The molecule has 3 heterocycles. The number of aliphatic hydroxyl groups excluding tert-OH is 1. The van der Waals surface area contributed by atoms with Crippen LogP contribution in [0.4, 0.5) is 4.79 Å². The van der Waals surface area contributed by atoms with E-state index in [1.54, 1.807) is 27.7 Å². The molecule has 2 amide bonds. The molecule has 1 unspecified atom stereocenters. The summed E-state index contributed by atoms with van der Waals surface area (Å²) < 4.78 is 10.6. The smallest absolute Gasteiger partial charge is 0.411 e. The van der Waals surface area contributed by atoms with Gasteiger partial charge in [0.05, 0.1) is 12.6 Å². The highest BCUT2D eigenvalue weighted by molar-refractivity contribution is 5.96. The molecule has 1 N–H and O–H groups in total. The molecule has 0 bridgehead atoms. The van der Waals surface area contributed by atoms with Crippen LogP contribution in [0.1, 0.15) is 52.5 Å². The second-order valence-electron chi connectivity index (χ2n) is 7.66. The van der Waals surface area contributed by atoms with Crippen molar-refractivity contribution in [1.29, 1.82) is 0 Å². The minimum atomic E-state index is -0.893. The zero-order chi connectivity index (χ0) is 18.4. The van der Waals surface area contributed by atoms with Crippen molar-refractivity contribution in [3.63, 3.8) is 0 Å². The monoisotopic (exact) mass is 352 g/mol. The summed E-state index contributed by atoms with van der Waals surface area (Å²) in [6, 6.07) is -0.721. The van der Waals surface area contributed by atoms with Crippen molar-refractivity contribution in [3.05, 3.63) is 12.3 Å². The average molecular weight is 352 g/mol. The van der Waals surface area contributed by atoms with Gasteiger partial charge < -0.3 is 19.2 Å². The van der Waals surface area contributed by atoms with E-state index in [0.29, 0.717) is 19.5 Å². The number of β-lactam (4-membered cyclic amide) rings is 1. The molecule has 25 heavy (non-hydrogen) atoms. The van der Waals surface area contributed by atoms with Crippen LogP contribution in [0.25, 0.3) is 0 Å². The van der Waals surface area contributed by atoms with Crippen molar-refractivity contribution < 1.29 is 23.8 Å². The predicted octanol–water partition coefficient (Wildman–Crippen LogP) is 1.10. The van der Waals surface area contributed by atoms with E-state index in [1.165, 1.54) is 9.80 Å². The van der Waals surface area contributed by atoms with Gasteiger partial charge in [-0.15, -0.1) is 10.2 Å². The molecule has 2 saturated heterocycles. The first-order valence-corrected chi connectivity index (χ1v) is 8.41. The van der Waals surface area contributed by atoms with Gasteiger partial charge in [0.1, 0.15) is 17.2 Å². The lowest BCUT2D eigenvalue weighted by Crippen LogP contribution is -2.74. The number of amides is 2. The molecule has 1 spiro atoms. The Morgan fingerprint density at radius 2 is 2.20 bits per heavy atom. The summed E-state index contributed by atoms with van der Waals surface area (Å²) in [6.45, 7) is 7.73. The SMILES string of the molecule is C[C@@H](O)[C@@H](c1nnco1)N1CC2(CCCN2C(=O)OC(C)(C)C)C1=O. The van der Waals surface area contributed by atoms with Gasteiger partial charge in [0.2, 0.25) is 12.3 Å². The van der Waals surface area contributed by atoms with Crippen LogP contribution in [-0.4, -0.2) is 67.4 Å². The maximum absolute atomic E-state index is 13.0. The quantitative estimate of drug-likeness (QED) is 0.811. The number of carbonyl (C=O) groups excluding carboxylic acids is 2. The van der Waals surface area contributed by atoms with Crippen molar-refractivity contribution in [2.45, 2.75) is 63.8 Å². The molecular weight excluding hydrogens is 328 g/mol. The lowest BCUT2D eigenvalue weighted by molar-refractivity contribution is -0.170. The van der Waals surface area contributed by atoms with Crippen LogP contribution < -0.4 is 0 Å². The van der Waals surface area contributed by atoms with E-state index in [9.17, 15) is 14.7 Å². The molecule has 2 aliphatic heterocycles. The molecule has 9 nitrogen and oxygen atoms in total. The minimum absolute atomic E-state index is 0.181. The molecule has 3 rings (SSSR count). The Labute approximate surface area is 145 Å². The Hall–Kier alpha value is -2.16. The van der Waals surface area contributed by atoms with Gasteiger partial charge in [0.25, 0.3) is 5.91 Å². The van der Waals surface area contributed by atoms with Gasteiger partial charge in [-0.3, -0.25) is 9.69 Å². The fourth-order valence-corrected chi connectivity index (χ4v) is 3.58. The fraction of sp³-hybridized carbons (Fsp3) is 0.750. The summed E-state index contributed by atoms with van der Waals surface area (Å²) in [4.78, 5) is 28.5. The molecule has 9 heteroatoms. The predicted molar refractivity (Wildman–Crippen MR) is 85.3 cm³/mol. The first-order valence-electron chi connectivity index (χ1n) is 8.41. The Bertz CT molecular complexity index is 654. The number of hydrogen-bond acceptors (Lipinski definition) is 7. The second-order valence-corrected chi connectivity index (χ2v) is 7.66. The fourth-order valence-electron chi connectivity index (χ4n) is 3.58. The summed E-state index contributed by atoms with van der Waals surface area (Å²) in [5.74, 6) is -0.0417. The third kappa shape index (κ3) is 2.97. The van der Waals surface area contributed by atoms with Gasteiger partial charge in [-0.25, -0.2) is 4.79 Å². The van der Waals surface area contributed by atoms with E-state index in [4.69, 9.17) is 9.15 Å². The summed E-state index contributed by atoms with van der Waals surface area (Å²) in [5, 5.41) is 17.5. The van der Waals surface area contributed by atoms with E-state index in [0.717, 1.165) is 12.8 Å². The molecule has 0 aromatic carbocycles. The zero-order valence-electron chi connectivity index (χ0n) is 14.9. The number of ether oxygens (including phenoxy) is 1. The molecular formula is C16H24N4O5. The van der Waals surface area contributed by atoms with Crippen molar-refractivity contribution in [3.8, 4) is 0 Å². The molecule has 2 fully saturated rings. The lowest BCUT2D eigenvalue weighted by Gasteiger charge is -2.53. The highest BCUT2D eigenvalue weighted by Crippen LogP contribution is 2.44. The average Bonchev–Trinajstić information content (AvgIpc) is 3.14. The van der Waals surface area contributed by atoms with Crippen LogP contribution in [0.2, 0.25) is 0 Å². The van der Waals surface area contributed by atoms with Gasteiger partial charge in [-0.2, -0.15) is 0 Å². The third-order valence-electron chi connectivity index (χ3n) is 4.62. The summed E-state index contributed by atoms with van der Waals surface area (Å²) in [6.07, 6.45) is 1.12. The first-order chi connectivity index (χ1) is 11.7. The minimum Gasteiger partial charge on any atom is -0.444 e. The van der Waals surface area contributed by atoms with Crippen molar-refractivity contribution in [1.82, 2.24) is 20.0 Å². The standard InChI is InChI=1S/C16H24N4O5/c1-10(21)11(12-18-17-9-24-12)19-8-16(13(19)22)6-5-7-20(16)14(23)25-15(2,3)4/h9-11,21H,5-8H2,1-4H3/t10-,11+,16?/m1/s1. The number of hydrogen-bond donors (Lipinski definition) is 1. The van der Waals surface area contributed by atoms with Crippen LogP contribution in [0.5, 0.6) is 0 Å². The lowest BCUT2D eigenvalue weighted by atomic mass is 9.83. The Balaban J connectivity index is 1.79. The highest BCUT2D eigenvalue weighted by atomic mass is 16.6. The Morgan fingerprint density at radius 3 is 2.72 bits per heavy atom. The third-order valence-corrected chi connectivity index (χ3v) is 4.62. The highest BCUT2D eigenvalue weighted by Gasteiger charge is 2.62. The van der Waals surface area contributed by atoms with Crippen LogP contribution in [0, 0.1) is 0 Å². The number of likely N-dealkylation sites (tertiary alicyclic amines) is 2. The Morgan fingerprint density at radius 1 is 1.48 bits per heavy atom. The number of nitrogens with zero attached hydrogens (tertiary/aromatic N) is 4. The molecule has 2 aliphatic rings. The number of rotatable bonds is 3. The summed E-state index contributed by atoms with van der Waals surface area (Å²) in [7, 11) is 0. The normalized spacial score (nSPS) is 25.9. The van der Waals surface area contributed by atoms with E-state index < -0.39 is 29.4 Å². The van der Waals surface area contributed by atoms with E-state index in [2.05, 4.69) is 10.2 Å². The first kappa shape index (κ1) is 17.7. The van der Waals surface area contributed by atoms with Gasteiger partial charge >= 0.3 is 6.09 Å². The summed E-state index contributed by atoms with van der Waals surface area (Å²) in [5.41, 5.74) is -1.52. The molecule has 0 saturated carbocycles. The largest absolute Gasteiger partial charge is 0.444 e. The van der Waals surface area contributed by atoms with Gasteiger partial charge in [-0.05, 0) is 40.5 Å². The molecule has 1 aromatic rings. The van der Waals surface area contributed by atoms with E-state index >= 15 is 0 Å².